The number of hydrogen-bond acceptors (Lipinski definition) is 4. The van der Waals surface area contributed by atoms with Crippen molar-refractivity contribution in [2.24, 2.45) is 5.41 Å². The number of carbonyl (C=O) groups excluding carboxylic acids is 1. The maximum atomic E-state index is 13.7. The Bertz CT molecular complexity index is 970. The van der Waals surface area contributed by atoms with Crippen LogP contribution in [0.5, 0.6) is 0 Å². The largest absolute Gasteiger partial charge is 0.495 e. The second-order valence-corrected chi connectivity index (χ2v) is 11.1. The molecule has 5 nitrogen and oxygen atoms in total. The molecule has 2 heterocycles. The van der Waals surface area contributed by atoms with E-state index in [0.717, 1.165) is 67.2 Å². The summed E-state index contributed by atoms with van der Waals surface area (Å²) in [6.07, 6.45) is 9.22. The summed E-state index contributed by atoms with van der Waals surface area (Å²) in [7, 11) is 1.26. The fourth-order valence-corrected chi connectivity index (χ4v) is 5.26. The zero-order valence-corrected chi connectivity index (χ0v) is 21.8. The van der Waals surface area contributed by atoms with Gasteiger partial charge in [0.25, 0.3) is 0 Å². The van der Waals surface area contributed by atoms with Gasteiger partial charge in [-0.15, -0.1) is 5.73 Å². The third kappa shape index (κ3) is 4.66. The molecule has 1 saturated heterocycles. The van der Waals surface area contributed by atoms with Crippen LogP contribution in [0.4, 0.5) is 0 Å². The number of amides is 1. The second-order valence-electron chi connectivity index (χ2n) is 11.1. The van der Waals surface area contributed by atoms with E-state index in [-0.39, 0.29) is 11.3 Å². The second kappa shape index (κ2) is 9.66. The predicted octanol–water partition coefficient (Wildman–Crippen LogP) is 5.26. The molecule has 1 spiro atoms. The first-order chi connectivity index (χ1) is 16.1. The van der Waals surface area contributed by atoms with Gasteiger partial charge in [0.1, 0.15) is 0 Å². The number of rotatable bonds is 8. The number of ether oxygens (including phenoxy) is 1. The van der Waals surface area contributed by atoms with Crippen molar-refractivity contribution >= 4 is 18.5 Å². The van der Waals surface area contributed by atoms with Crippen LogP contribution in [0.1, 0.15) is 90.7 Å². The third-order valence-corrected chi connectivity index (χ3v) is 8.13. The molecule has 4 rings (SSSR count). The molecule has 0 radical (unpaired) electrons. The Morgan fingerprint density at radius 2 is 1.79 bits per heavy atom. The number of nitrogens with zero attached hydrogens (tertiary/aromatic N) is 1. The van der Waals surface area contributed by atoms with Gasteiger partial charge in [-0.25, -0.2) is 0 Å². The molecule has 1 amide bonds. The van der Waals surface area contributed by atoms with E-state index in [0.29, 0.717) is 13.2 Å². The average Bonchev–Trinajstić information content (AvgIpc) is 3.34. The Balaban J connectivity index is 1.62. The number of hydrogen-bond donors (Lipinski definition) is 0. The Kier molecular flexibility index (Phi) is 7.17. The minimum atomic E-state index is -0.439. The monoisotopic (exact) mass is 465 g/mol. The van der Waals surface area contributed by atoms with E-state index in [2.05, 4.69) is 64.6 Å². The summed E-state index contributed by atoms with van der Waals surface area (Å²) in [5, 5.41) is 0. The van der Waals surface area contributed by atoms with Gasteiger partial charge in [-0.05, 0) is 76.0 Å². The van der Waals surface area contributed by atoms with Crippen LogP contribution in [0.15, 0.2) is 35.7 Å². The third-order valence-electron chi connectivity index (χ3n) is 8.13. The normalized spacial score (nSPS) is 22.6. The van der Waals surface area contributed by atoms with E-state index in [1.165, 1.54) is 0 Å². The molecule has 34 heavy (non-hydrogen) atoms. The lowest BCUT2D eigenvalue weighted by molar-refractivity contribution is -0.138. The molecule has 1 aromatic rings. The highest BCUT2D eigenvalue weighted by molar-refractivity contribution is 6.62. The van der Waals surface area contributed by atoms with Gasteiger partial charge < -0.3 is 18.9 Å². The molecule has 184 valence electrons. The molecule has 2 aliphatic heterocycles. The summed E-state index contributed by atoms with van der Waals surface area (Å²) >= 11 is 0. The molecule has 2 fully saturated rings. The minimum absolute atomic E-state index is 0.248. The summed E-state index contributed by atoms with van der Waals surface area (Å²) in [5.41, 5.74) is 6.51. The lowest BCUT2D eigenvalue weighted by Crippen LogP contribution is -2.43. The van der Waals surface area contributed by atoms with E-state index in [1.54, 1.807) is 7.11 Å². The number of unbranched alkanes of at least 4 members (excludes halogenated alkanes) is 1. The highest BCUT2D eigenvalue weighted by Crippen LogP contribution is 2.44. The van der Waals surface area contributed by atoms with Crippen molar-refractivity contribution in [3.8, 4) is 0 Å². The first-order valence-corrected chi connectivity index (χ1v) is 12.9. The van der Waals surface area contributed by atoms with Crippen LogP contribution < -0.4 is 5.46 Å². The quantitative estimate of drug-likeness (QED) is 0.388. The summed E-state index contributed by atoms with van der Waals surface area (Å²) in [5.74, 6) is 0.248. The van der Waals surface area contributed by atoms with Crippen LogP contribution in [0.25, 0.3) is 0 Å². The van der Waals surface area contributed by atoms with Gasteiger partial charge in [-0.2, -0.15) is 0 Å². The molecule has 3 aliphatic rings. The lowest BCUT2D eigenvalue weighted by Gasteiger charge is -2.36. The predicted molar refractivity (Wildman–Crippen MR) is 135 cm³/mol. The molecule has 6 heteroatoms. The summed E-state index contributed by atoms with van der Waals surface area (Å²) < 4.78 is 18.2. The SMILES string of the molecule is CCCCC1=C=CC2(CCCC2)C(=O)N1Cc1ccc(B2OC(C)(C)C(C)(C)O2)c(COC)c1. The van der Waals surface area contributed by atoms with E-state index in [4.69, 9.17) is 14.0 Å². The van der Waals surface area contributed by atoms with Crippen molar-refractivity contribution in [3.05, 3.63) is 46.8 Å². The molecule has 1 saturated carbocycles. The number of carbonyl (C=O) groups is 1. The Morgan fingerprint density at radius 1 is 1.12 bits per heavy atom. The zero-order valence-electron chi connectivity index (χ0n) is 21.8. The molecular formula is C28H40BNO4. The van der Waals surface area contributed by atoms with Crippen LogP contribution in [0.3, 0.4) is 0 Å². The van der Waals surface area contributed by atoms with Gasteiger partial charge in [-0.3, -0.25) is 4.79 Å². The summed E-state index contributed by atoms with van der Waals surface area (Å²) in [6, 6.07) is 6.33. The zero-order chi connectivity index (χ0) is 24.6. The van der Waals surface area contributed by atoms with Crippen LogP contribution in [0.2, 0.25) is 0 Å². The average molecular weight is 465 g/mol. The number of methoxy groups -OCH3 is 1. The van der Waals surface area contributed by atoms with E-state index < -0.39 is 18.3 Å². The van der Waals surface area contributed by atoms with Crippen molar-refractivity contribution in [1.29, 1.82) is 0 Å². The standard InChI is InChI=1S/C28H40BNO4/c1-7-8-11-23-14-17-28(15-9-10-16-28)25(31)30(23)19-21-12-13-24(22(18-21)20-32-6)29-33-26(2,3)27(4,5)34-29/h12-13,17-18H,7-11,15-16,19-20H2,1-6H3. The van der Waals surface area contributed by atoms with E-state index in [9.17, 15) is 4.79 Å². The van der Waals surface area contributed by atoms with Crippen molar-refractivity contribution in [1.82, 2.24) is 4.90 Å². The minimum Gasteiger partial charge on any atom is -0.399 e. The molecule has 1 aromatic carbocycles. The van der Waals surface area contributed by atoms with Crippen LogP contribution in [-0.4, -0.2) is 36.2 Å². The maximum Gasteiger partial charge on any atom is 0.495 e. The Hall–Kier alpha value is -1.85. The van der Waals surface area contributed by atoms with Crippen molar-refractivity contribution < 1.29 is 18.8 Å². The maximum absolute atomic E-state index is 13.7. The topological polar surface area (TPSA) is 48.0 Å². The highest BCUT2D eigenvalue weighted by atomic mass is 16.7. The van der Waals surface area contributed by atoms with E-state index in [1.807, 2.05) is 4.90 Å². The fraction of sp³-hybridized carbons (Fsp3) is 0.643. The molecular weight excluding hydrogens is 425 g/mol. The van der Waals surface area contributed by atoms with Gasteiger partial charge in [-0.1, -0.05) is 44.4 Å². The highest BCUT2D eigenvalue weighted by Gasteiger charge is 2.52. The molecule has 0 atom stereocenters. The smallest absolute Gasteiger partial charge is 0.399 e. The van der Waals surface area contributed by atoms with Gasteiger partial charge in [0, 0.05) is 7.11 Å². The van der Waals surface area contributed by atoms with Crippen molar-refractivity contribution in [2.45, 2.75) is 104 Å². The van der Waals surface area contributed by atoms with Gasteiger partial charge >= 0.3 is 7.12 Å². The molecule has 0 unspecified atom stereocenters. The van der Waals surface area contributed by atoms with Crippen molar-refractivity contribution in [3.63, 3.8) is 0 Å². The molecule has 0 N–H and O–H groups in total. The van der Waals surface area contributed by atoms with Crippen LogP contribution >= 0.6 is 0 Å². The number of benzene rings is 1. The molecule has 1 aliphatic carbocycles. The summed E-state index contributed by atoms with van der Waals surface area (Å²) in [4.78, 5) is 15.7. The Morgan fingerprint density at radius 3 is 2.41 bits per heavy atom. The lowest BCUT2D eigenvalue weighted by atomic mass is 9.75. The van der Waals surface area contributed by atoms with Gasteiger partial charge in [0.2, 0.25) is 5.91 Å². The first kappa shape index (κ1) is 25.3. The van der Waals surface area contributed by atoms with E-state index >= 15 is 0 Å². The Labute approximate surface area is 205 Å². The van der Waals surface area contributed by atoms with Gasteiger partial charge in [0.15, 0.2) is 0 Å². The summed E-state index contributed by atoms with van der Waals surface area (Å²) in [6.45, 7) is 11.5. The molecule has 0 aromatic heterocycles. The first-order valence-electron chi connectivity index (χ1n) is 12.9. The van der Waals surface area contributed by atoms with Gasteiger partial charge in [0.05, 0.1) is 35.5 Å². The molecule has 0 bridgehead atoms. The van der Waals surface area contributed by atoms with Crippen LogP contribution in [-0.2, 0) is 32.0 Å². The van der Waals surface area contributed by atoms with Crippen LogP contribution in [0, 0.1) is 5.41 Å². The van der Waals surface area contributed by atoms with Crippen molar-refractivity contribution in [2.75, 3.05) is 7.11 Å². The fourth-order valence-electron chi connectivity index (χ4n) is 5.26.